The fraction of sp³-hybridized carbons (Fsp3) is 0.429. The molecule has 1 aromatic carbocycles. The Labute approximate surface area is 140 Å². The highest BCUT2D eigenvalue weighted by Gasteiger charge is 2.16. The van der Waals surface area contributed by atoms with E-state index in [9.17, 15) is 14.7 Å². The van der Waals surface area contributed by atoms with Crippen LogP contribution in [0.15, 0.2) is 21.1 Å². The number of hydrogen-bond acceptors (Lipinski definition) is 3. The lowest BCUT2D eigenvalue weighted by atomic mass is 10.1. The minimum atomic E-state index is -1.09. The summed E-state index contributed by atoms with van der Waals surface area (Å²) in [6.45, 7) is 4.83. The van der Waals surface area contributed by atoms with Gasteiger partial charge in [-0.05, 0) is 41.0 Å². The van der Waals surface area contributed by atoms with Gasteiger partial charge in [0.1, 0.15) is 0 Å². The first kappa shape index (κ1) is 18.1. The minimum absolute atomic E-state index is 0.0462. The smallest absolute Gasteiger partial charge is 0.337 e. The Morgan fingerprint density at radius 2 is 1.95 bits per heavy atom. The molecule has 5 nitrogen and oxygen atoms in total. The number of carbonyl (C=O) groups excluding carboxylic acids is 1. The molecule has 0 saturated heterocycles. The maximum Gasteiger partial charge on any atom is 0.337 e. The fourth-order valence-electron chi connectivity index (χ4n) is 1.71. The van der Waals surface area contributed by atoms with Crippen LogP contribution in [-0.2, 0) is 4.79 Å². The SMILES string of the molecule is CC(C)NCCCC(=O)Nc1c(Br)cc(Br)cc1C(=O)O. The van der Waals surface area contributed by atoms with Crippen LogP contribution in [-0.4, -0.2) is 29.6 Å². The van der Waals surface area contributed by atoms with Crippen LogP contribution < -0.4 is 10.6 Å². The fourth-order valence-corrected chi connectivity index (χ4v) is 3.04. The molecular formula is C14H18Br2N2O3. The highest BCUT2D eigenvalue weighted by molar-refractivity contribution is 9.11. The number of carboxylic acids is 1. The summed E-state index contributed by atoms with van der Waals surface area (Å²) in [5, 5.41) is 15.1. The number of amides is 1. The van der Waals surface area contributed by atoms with Gasteiger partial charge in [0.25, 0.3) is 0 Å². The maximum atomic E-state index is 11.9. The molecule has 0 aliphatic heterocycles. The molecule has 0 heterocycles. The molecule has 0 fully saturated rings. The van der Waals surface area contributed by atoms with Gasteiger partial charge in [0, 0.05) is 21.4 Å². The predicted molar refractivity (Wildman–Crippen MR) is 89.8 cm³/mol. The van der Waals surface area contributed by atoms with Gasteiger partial charge in [-0.1, -0.05) is 29.8 Å². The molecule has 0 radical (unpaired) electrons. The van der Waals surface area contributed by atoms with E-state index in [0.717, 1.165) is 6.54 Å². The van der Waals surface area contributed by atoms with Crippen LogP contribution in [0.2, 0.25) is 0 Å². The summed E-state index contributed by atoms with van der Waals surface area (Å²) < 4.78 is 1.16. The van der Waals surface area contributed by atoms with E-state index in [0.29, 0.717) is 27.8 Å². The van der Waals surface area contributed by atoms with E-state index in [2.05, 4.69) is 42.5 Å². The Hall–Kier alpha value is -0.920. The summed E-state index contributed by atoms with van der Waals surface area (Å²) in [5.41, 5.74) is 0.331. The van der Waals surface area contributed by atoms with Gasteiger partial charge < -0.3 is 15.7 Å². The molecule has 1 rings (SSSR count). The standard InChI is InChI=1S/C14H18Br2N2O3/c1-8(2)17-5-3-4-12(19)18-13-10(14(20)21)6-9(15)7-11(13)16/h6-8,17H,3-5H2,1-2H3,(H,18,19)(H,20,21). The first-order valence-corrected chi connectivity index (χ1v) is 8.15. The van der Waals surface area contributed by atoms with Crippen molar-refractivity contribution < 1.29 is 14.7 Å². The lowest BCUT2D eigenvalue weighted by molar-refractivity contribution is -0.116. The van der Waals surface area contributed by atoms with Gasteiger partial charge in [-0.2, -0.15) is 0 Å². The molecule has 1 aromatic rings. The van der Waals surface area contributed by atoms with Gasteiger partial charge in [-0.25, -0.2) is 4.79 Å². The molecule has 0 aliphatic rings. The van der Waals surface area contributed by atoms with Crippen molar-refractivity contribution >= 4 is 49.4 Å². The number of anilines is 1. The van der Waals surface area contributed by atoms with Crippen molar-refractivity contribution in [2.75, 3.05) is 11.9 Å². The molecule has 21 heavy (non-hydrogen) atoms. The Kier molecular flexibility index (Phi) is 7.34. The van der Waals surface area contributed by atoms with Gasteiger partial charge in [0.2, 0.25) is 5.91 Å². The summed E-state index contributed by atoms with van der Waals surface area (Å²) in [5.74, 6) is -1.29. The third-order valence-electron chi connectivity index (χ3n) is 2.68. The average molecular weight is 422 g/mol. The topological polar surface area (TPSA) is 78.4 Å². The second kappa shape index (κ2) is 8.51. The molecule has 0 spiro atoms. The van der Waals surface area contributed by atoms with Crippen molar-refractivity contribution in [2.45, 2.75) is 32.7 Å². The van der Waals surface area contributed by atoms with Gasteiger partial charge >= 0.3 is 5.97 Å². The molecule has 7 heteroatoms. The number of nitrogens with one attached hydrogen (secondary N) is 2. The van der Waals surface area contributed by atoms with E-state index in [4.69, 9.17) is 0 Å². The molecular weight excluding hydrogens is 404 g/mol. The largest absolute Gasteiger partial charge is 0.478 e. The quantitative estimate of drug-likeness (QED) is 0.587. The molecule has 0 saturated carbocycles. The van der Waals surface area contributed by atoms with Crippen LogP contribution in [0.3, 0.4) is 0 Å². The van der Waals surface area contributed by atoms with Crippen LogP contribution in [0.1, 0.15) is 37.0 Å². The third kappa shape index (κ3) is 6.15. The van der Waals surface area contributed by atoms with Crippen molar-refractivity contribution in [3.8, 4) is 0 Å². The van der Waals surface area contributed by atoms with Crippen molar-refractivity contribution in [1.82, 2.24) is 5.32 Å². The van der Waals surface area contributed by atoms with E-state index >= 15 is 0 Å². The molecule has 3 N–H and O–H groups in total. The monoisotopic (exact) mass is 420 g/mol. The molecule has 0 aromatic heterocycles. The van der Waals surface area contributed by atoms with E-state index < -0.39 is 5.97 Å². The second-order valence-corrected chi connectivity index (χ2v) is 6.65. The van der Waals surface area contributed by atoms with Crippen molar-refractivity contribution in [3.63, 3.8) is 0 Å². The van der Waals surface area contributed by atoms with Gasteiger partial charge in [0.05, 0.1) is 11.3 Å². The number of rotatable bonds is 7. The first-order valence-electron chi connectivity index (χ1n) is 6.57. The number of halogens is 2. The lowest BCUT2D eigenvalue weighted by Gasteiger charge is -2.12. The Balaban J connectivity index is 2.70. The molecule has 116 valence electrons. The number of benzene rings is 1. The van der Waals surface area contributed by atoms with Crippen LogP contribution in [0.4, 0.5) is 5.69 Å². The van der Waals surface area contributed by atoms with Crippen LogP contribution in [0.25, 0.3) is 0 Å². The van der Waals surface area contributed by atoms with Crippen molar-refractivity contribution in [3.05, 3.63) is 26.6 Å². The number of hydrogen-bond donors (Lipinski definition) is 3. The highest BCUT2D eigenvalue weighted by atomic mass is 79.9. The zero-order chi connectivity index (χ0) is 16.0. The Morgan fingerprint density at radius 1 is 1.29 bits per heavy atom. The second-order valence-electron chi connectivity index (χ2n) is 4.88. The van der Waals surface area contributed by atoms with E-state index in [1.165, 1.54) is 6.07 Å². The lowest BCUT2D eigenvalue weighted by Crippen LogP contribution is -2.25. The number of carboxylic acid groups (broad SMARTS) is 1. The number of aromatic carboxylic acids is 1. The maximum absolute atomic E-state index is 11.9. The van der Waals surface area contributed by atoms with Crippen LogP contribution in [0, 0.1) is 0 Å². The van der Waals surface area contributed by atoms with Gasteiger partial charge in [0.15, 0.2) is 0 Å². The minimum Gasteiger partial charge on any atom is -0.478 e. The average Bonchev–Trinajstić information content (AvgIpc) is 2.37. The van der Waals surface area contributed by atoms with E-state index in [1.54, 1.807) is 6.07 Å². The molecule has 0 bridgehead atoms. The summed E-state index contributed by atoms with van der Waals surface area (Å²) in [6, 6.07) is 3.54. The van der Waals surface area contributed by atoms with Crippen LogP contribution in [0.5, 0.6) is 0 Å². The van der Waals surface area contributed by atoms with Crippen molar-refractivity contribution in [2.24, 2.45) is 0 Å². The molecule has 0 atom stereocenters. The summed E-state index contributed by atoms with van der Waals surface area (Å²) in [6.07, 6.45) is 1.03. The normalized spacial score (nSPS) is 10.7. The molecule has 1 amide bonds. The Bertz CT molecular complexity index is 533. The van der Waals surface area contributed by atoms with Crippen molar-refractivity contribution in [1.29, 1.82) is 0 Å². The van der Waals surface area contributed by atoms with Gasteiger partial charge in [-0.15, -0.1) is 0 Å². The Morgan fingerprint density at radius 3 is 2.52 bits per heavy atom. The van der Waals surface area contributed by atoms with Gasteiger partial charge in [-0.3, -0.25) is 4.79 Å². The molecule has 0 aliphatic carbocycles. The zero-order valence-corrected chi connectivity index (χ0v) is 15.0. The summed E-state index contributed by atoms with van der Waals surface area (Å²) in [4.78, 5) is 23.1. The third-order valence-corrected chi connectivity index (χ3v) is 3.77. The van der Waals surface area contributed by atoms with Crippen LogP contribution >= 0.6 is 31.9 Å². The highest BCUT2D eigenvalue weighted by Crippen LogP contribution is 2.31. The first-order chi connectivity index (χ1) is 9.81. The molecule has 0 unspecified atom stereocenters. The zero-order valence-electron chi connectivity index (χ0n) is 11.9. The predicted octanol–water partition coefficient (Wildman–Crippen LogP) is 3.63. The van der Waals surface area contributed by atoms with E-state index in [1.807, 2.05) is 13.8 Å². The summed E-state index contributed by atoms with van der Waals surface area (Å²) >= 11 is 6.51. The summed E-state index contributed by atoms with van der Waals surface area (Å²) in [7, 11) is 0. The van der Waals surface area contributed by atoms with E-state index in [-0.39, 0.29) is 17.2 Å². The number of carbonyl (C=O) groups is 2.